The van der Waals surface area contributed by atoms with Crippen LogP contribution in [0.2, 0.25) is 10.0 Å². The van der Waals surface area contributed by atoms with E-state index in [0.717, 1.165) is 9.87 Å². The SMILES string of the molecule is CCNC(=O)C(C)N(Cc1ccccc1Cl)C(=O)CN(c1cccc(Cl)c1C)S(=O)(=O)c1ccc(C)cc1. The van der Waals surface area contributed by atoms with Crippen molar-refractivity contribution in [3.8, 4) is 0 Å². The molecule has 0 aliphatic carbocycles. The molecule has 3 aromatic carbocycles. The Morgan fingerprint density at radius 3 is 2.18 bits per heavy atom. The van der Waals surface area contributed by atoms with Crippen LogP contribution >= 0.6 is 23.2 Å². The van der Waals surface area contributed by atoms with Gasteiger partial charge in [-0.1, -0.05) is 65.2 Å². The molecule has 0 aliphatic rings. The summed E-state index contributed by atoms with van der Waals surface area (Å²) in [6.45, 7) is 6.78. The number of likely N-dealkylation sites (N-methyl/N-ethyl adjacent to an activating group) is 1. The van der Waals surface area contributed by atoms with Gasteiger partial charge in [0.2, 0.25) is 11.8 Å². The standard InChI is InChI=1S/C28H31Cl2N3O4S/c1-5-31-28(35)21(4)32(17-22-9-6-7-10-25(22)30)27(34)18-33(26-12-8-11-24(29)20(26)3)38(36,37)23-15-13-19(2)14-16-23/h6-16,21H,5,17-18H2,1-4H3,(H,31,35). The quantitative estimate of drug-likeness (QED) is 0.352. The molecule has 10 heteroatoms. The maximum absolute atomic E-state index is 13.9. The fraction of sp³-hybridized carbons (Fsp3) is 0.286. The van der Waals surface area contributed by atoms with Crippen LogP contribution in [-0.2, 0) is 26.2 Å². The van der Waals surface area contributed by atoms with E-state index in [1.54, 1.807) is 75.4 Å². The molecule has 0 radical (unpaired) electrons. The summed E-state index contributed by atoms with van der Waals surface area (Å²) in [6, 6.07) is 17.4. The molecule has 0 spiro atoms. The minimum Gasteiger partial charge on any atom is -0.355 e. The van der Waals surface area contributed by atoms with Gasteiger partial charge in [-0.2, -0.15) is 0 Å². The summed E-state index contributed by atoms with van der Waals surface area (Å²) in [5.41, 5.74) is 2.31. The largest absolute Gasteiger partial charge is 0.355 e. The zero-order valence-corrected chi connectivity index (χ0v) is 24.1. The molecule has 0 saturated carbocycles. The zero-order chi connectivity index (χ0) is 28.0. The van der Waals surface area contributed by atoms with Crippen LogP contribution in [0, 0.1) is 13.8 Å². The Bertz CT molecular complexity index is 1410. The molecule has 3 aromatic rings. The lowest BCUT2D eigenvalue weighted by Crippen LogP contribution is -2.51. The van der Waals surface area contributed by atoms with E-state index in [4.69, 9.17) is 23.2 Å². The van der Waals surface area contributed by atoms with Crippen LogP contribution in [-0.4, -0.2) is 44.3 Å². The van der Waals surface area contributed by atoms with E-state index in [2.05, 4.69) is 5.32 Å². The van der Waals surface area contributed by atoms with Crippen LogP contribution in [0.25, 0.3) is 0 Å². The highest BCUT2D eigenvalue weighted by molar-refractivity contribution is 7.92. The number of nitrogens with zero attached hydrogens (tertiary/aromatic N) is 2. The first-order chi connectivity index (χ1) is 18.0. The van der Waals surface area contributed by atoms with E-state index < -0.39 is 28.5 Å². The van der Waals surface area contributed by atoms with Gasteiger partial charge >= 0.3 is 0 Å². The van der Waals surface area contributed by atoms with Crippen molar-refractivity contribution >= 4 is 50.7 Å². The molecular weight excluding hydrogens is 545 g/mol. The summed E-state index contributed by atoms with van der Waals surface area (Å²) in [5, 5.41) is 3.53. The molecule has 0 bridgehead atoms. The molecule has 202 valence electrons. The molecule has 0 aliphatic heterocycles. The monoisotopic (exact) mass is 575 g/mol. The molecule has 7 nitrogen and oxygen atoms in total. The molecule has 3 rings (SSSR count). The lowest BCUT2D eigenvalue weighted by atomic mass is 10.1. The number of anilines is 1. The van der Waals surface area contributed by atoms with Crippen molar-refractivity contribution in [2.75, 3.05) is 17.4 Å². The minimum absolute atomic E-state index is 0.0176. The molecule has 0 fully saturated rings. The van der Waals surface area contributed by atoms with E-state index in [-0.39, 0.29) is 23.0 Å². The number of sulfonamides is 1. The molecule has 1 N–H and O–H groups in total. The Labute approximate surface area is 234 Å². The molecule has 0 aromatic heterocycles. The van der Waals surface area contributed by atoms with Crippen LogP contribution in [0.15, 0.2) is 71.6 Å². The van der Waals surface area contributed by atoms with Gasteiger partial charge in [-0.3, -0.25) is 13.9 Å². The number of rotatable bonds is 10. The van der Waals surface area contributed by atoms with Crippen molar-refractivity contribution in [3.05, 3.63) is 93.5 Å². The number of benzene rings is 3. The summed E-state index contributed by atoms with van der Waals surface area (Å²) >= 11 is 12.7. The second kappa shape index (κ2) is 12.7. The lowest BCUT2D eigenvalue weighted by molar-refractivity contribution is -0.139. The molecule has 38 heavy (non-hydrogen) atoms. The van der Waals surface area contributed by atoms with Gasteiger partial charge in [0.15, 0.2) is 0 Å². The molecule has 1 atom stereocenters. The Balaban J connectivity index is 2.09. The van der Waals surface area contributed by atoms with E-state index in [9.17, 15) is 18.0 Å². The maximum atomic E-state index is 13.9. The summed E-state index contributed by atoms with van der Waals surface area (Å²) in [6.07, 6.45) is 0. The average molecular weight is 577 g/mol. The number of hydrogen-bond acceptors (Lipinski definition) is 4. The van der Waals surface area contributed by atoms with E-state index >= 15 is 0 Å². The van der Waals surface area contributed by atoms with Gasteiger partial charge in [0.1, 0.15) is 12.6 Å². The van der Waals surface area contributed by atoms with E-state index in [1.165, 1.54) is 17.0 Å². The van der Waals surface area contributed by atoms with Crippen LogP contribution in [0.3, 0.4) is 0 Å². The predicted octanol–water partition coefficient (Wildman–Crippen LogP) is 5.36. The number of nitrogens with one attached hydrogen (secondary N) is 1. The second-order valence-corrected chi connectivity index (χ2v) is 11.6. The van der Waals surface area contributed by atoms with Crippen LogP contribution in [0.1, 0.15) is 30.5 Å². The molecule has 1 unspecified atom stereocenters. The summed E-state index contributed by atoms with van der Waals surface area (Å²) < 4.78 is 28.8. The first-order valence-corrected chi connectivity index (χ1v) is 14.3. The number of carbonyl (C=O) groups is 2. The highest BCUT2D eigenvalue weighted by Crippen LogP contribution is 2.31. The van der Waals surface area contributed by atoms with Crippen molar-refractivity contribution < 1.29 is 18.0 Å². The van der Waals surface area contributed by atoms with Gasteiger partial charge in [-0.25, -0.2) is 8.42 Å². The number of carbonyl (C=O) groups excluding carboxylic acids is 2. The fourth-order valence-electron chi connectivity index (χ4n) is 3.93. The second-order valence-electron chi connectivity index (χ2n) is 8.89. The smallest absolute Gasteiger partial charge is 0.264 e. The maximum Gasteiger partial charge on any atom is 0.264 e. The van der Waals surface area contributed by atoms with Crippen molar-refractivity contribution in [2.45, 2.75) is 45.2 Å². The number of aryl methyl sites for hydroxylation is 1. The van der Waals surface area contributed by atoms with Crippen molar-refractivity contribution in [2.24, 2.45) is 0 Å². The van der Waals surface area contributed by atoms with Gasteiger partial charge in [-0.05, 0) is 69.2 Å². The van der Waals surface area contributed by atoms with Crippen LogP contribution < -0.4 is 9.62 Å². The van der Waals surface area contributed by atoms with E-state index in [0.29, 0.717) is 27.7 Å². The Morgan fingerprint density at radius 1 is 0.921 bits per heavy atom. The van der Waals surface area contributed by atoms with Gasteiger partial charge in [-0.15, -0.1) is 0 Å². The Kier molecular flexibility index (Phi) is 9.82. The number of amides is 2. The zero-order valence-electron chi connectivity index (χ0n) is 21.7. The predicted molar refractivity (Wildman–Crippen MR) is 152 cm³/mol. The lowest BCUT2D eigenvalue weighted by Gasteiger charge is -2.32. The molecule has 0 heterocycles. The Hall–Kier alpha value is -3.07. The molecular formula is C28H31Cl2N3O4S. The molecule has 2 amide bonds. The summed E-state index contributed by atoms with van der Waals surface area (Å²) in [4.78, 5) is 28.0. The normalized spacial score (nSPS) is 12.1. The number of hydrogen-bond donors (Lipinski definition) is 1. The van der Waals surface area contributed by atoms with Crippen LogP contribution in [0.5, 0.6) is 0 Å². The topological polar surface area (TPSA) is 86.8 Å². The first-order valence-electron chi connectivity index (χ1n) is 12.1. The van der Waals surface area contributed by atoms with Crippen molar-refractivity contribution in [3.63, 3.8) is 0 Å². The Morgan fingerprint density at radius 2 is 1.55 bits per heavy atom. The number of halogens is 2. The van der Waals surface area contributed by atoms with Gasteiger partial charge in [0.05, 0.1) is 10.6 Å². The average Bonchev–Trinajstić information content (AvgIpc) is 2.88. The van der Waals surface area contributed by atoms with Crippen molar-refractivity contribution in [1.29, 1.82) is 0 Å². The molecule has 0 saturated heterocycles. The van der Waals surface area contributed by atoms with Crippen LogP contribution in [0.4, 0.5) is 5.69 Å². The third-order valence-electron chi connectivity index (χ3n) is 6.21. The van der Waals surface area contributed by atoms with Gasteiger partial charge in [0, 0.05) is 23.1 Å². The van der Waals surface area contributed by atoms with Gasteiger partial charge in [0.25, 0.3) is 10.0 Å². The summed E-state index contributed by atoms with van der Waals surface area (Å²) in [5.74, 6) is -0.932. The third kappa shape index (κ3) is 6.67. The third-order valence-corrected chi connectivity index (χ3v) is 8.76. The highest BCUT2D eigenvalue weighted by atomic mass is 35.5. The minimum atomic E-state index is -4.18. The van der Waals surface area contributed by atoms with Crippen molar-refractivity contribution in [1.82, 2.24) is 10.2 Å². The first kappa shape index (κ1) is 29.5. The fourth-order valence-corrected chi connectivity index (χ4v) is 5.77. The highest BCUT2D eigenvalue weighted by Gasteiger charge is 2.33. The summed E-state index contributed by atoms with van der Waals surface area (Å²) in [7, 11) is -4.18. The van der Waals surface area contributed by atoms with Gasteiger partial charge < -0.3 is 10.2 Å². The van der Waals surface area contributed by atoms with E-state index in [1.807, 2.05) is 6.92 Å².